The Morgan fingerprint density at radius 1 is 1.11 bits per heavy atom. The third-order valence-corrected chi connectivity index (χ3v) is 5.24. The Labute approximate surface area is 155 Å². The molecule has 136 valence electrons. The molecule has 0 atom stereocenters. The van der Waals surface area contributed by atoms with Crippen molar-refractivity contribution in [2.75, 3.05) is 0 Å². The van der Waals surface area contributed by atoms with Crippen LogP contribution in [-0.2, 0) is 10.1 Å². The largest absolute Gasteiger partial charge is 0.295 e. The molecule has 27 heavy (non-hydrogen) atoms. The highest BCUT2D eigenvalue weighted by atomic mass is 32.2. The van der Waals surface area contributed by atoms with E-state index < -0.39 is 10.1 Å². The first-order chi connectivity index (χ1) is 12.8. The molecular formula is C19H15N3O4S. The molecule has 0 radical (unpaired) electrons. The van der Waals surface area contributed by atoms with Crippen LogP contribution in [0.4, 0.5) is 5.69 Å². The molecular weight excluding hydrogens is 366 g/mol. The summed E-state index contributed by atoms with van der Waals surface area (Å²) in [6.45, 7) is 1.79. The van der Waals surface area contributed by atoms with Crippen LogP contribution in [0.1, 0.15) is 16.8 Å². The minimum Gasteiger partial charge on any atom is -0.295 e. The molecule has 1 aliphatic rings. The summed E-state index contributed by atoms with van der Waals surface area (Å²) in [7, 11) is -4.28. The van der Waals surface area contributed by atoms with Crippen molar-refractivity contribution in [1.82, 2.24) is 9.78 Å². The molecule has 0 amide bonds. The fourth-order valence-electron chi connectivity index (χ4n) is 2.99. The van der Waals surface area contributed by atoms with Crippen LogP contribution < -0.4 is 5.56 Å². The molecule has 8 heteroatoms. The summed E-state index contributed by atoms with van der Waals surface area (Å²) >= 11 is 0. The maximum absolute atomic E-state index is 12.8. The smallest absolute Gasteiger partial charge is 0.294 e. The molecule has 0 spiro atoms. The van der Waals surface area contributed by atoms with E-state index in [2.05, 4.69) is 10.1 Å². The third kappa shape index (κ3) is 3.05. The minimum absolute atomic E-state index is 0.233. The molecule has 4 rings (SSSR count). The molecule has 1 aliphatic heterocycles. The van der Waals surface area contributed by atoms with Crippen molar-refractivity contribution in [3.05, 3.63) is 75.7 Å². The van der Waals surface area contributed by atoms with Gasteiger partial charge in [-0.15, -0.1) is 0 Å². The van der Waals surface area contributed by atoms with E-state index in [1.807, 2.05) is 24.3 Å². The number of rotatable bonds is 3. The summed E-state index contributed by atoms with van der Waals surface area (Å²) < 4.78 is 32.7. The van der Waals surface area contributed by atoms with Crippen molar-refractivity contribution in [1.29, 1.82) is 0 Å². The number of allylic oxidation sites excluding steroid dienone is 1. The molecule has 7 nitrogen and oxygen atoms in total. The highest BCUT2D eigenvalue weighted by Gasteiger charge is 2.16. The van der Waals surface area contributed by atoms with Crippen molar-refractivity contribution in [3.63, 3.8) is 0 Å². The lowest BCUT2D eigenvalue weighted by atomic mass is 10.0. The van der Waals surface area contributed by atoms with E-state index in [4.69, 9.17) is 4.55 Å². The fraction of sp³-hybridized carbons (Fsp3) is 0.0526. The molecule has 0 fully saturated rings. The number of nitrogens with zero attached hydrogens (tertiary/aromatic N) is 2. The second-order valence-corrected chi connectivity index (χ2v) is 7.56. The van der Waals surface area contributed by atoms with Crippen LogP contribution in [-0.4, -0.2) is 29.0 Å². The second kappa shape index (κ2) is 6.19. The first kappa shape index (κ1) is 17.2. The van der Waals surface area contributed by atoms with Gasteiger partial charge >= 0.3 is 0 Å². The van der Waals surface area contributed by atoms with Gasteiger partial charge in [0, 0.05) is 23.0 Å². The number of hydrogen-bond acceptors (Lipinski definition) is 4. The molecule has 0 unspecified atom stereocenters. The lowest BCUT2D eigenvalue weighted by Crippen LogP contribution is -2.16. The molecule has 0 aliphatic carbocycles. The van der Waals surface area contributed by atoms with Gasteiger partial charge in [-0.3, -0.25) is 19.4 Å². The molecule has 0 saturated carbocycles. The van der Waals surface area contributed by atoms with Gasteiger partial charge in [-0.1, -0.05) is 18.2 Å². The van der Waals surface area contributed by atoms with Gasteiger partial charge in [0.1, 0.15) is 0 Å². The van der Waals surface area contributed by atoms with Crippen LogP contribution in [0.3, 0.4) is 0 Å². The molecule has 3 aromatic rings. The number of aromatic amines is 1. The van der Waals surface area contributed by atoms with Crippen LogP contribution >= 0.6 is 0 Å². The lowest BCUT2D eigenvalue weighted by molar-refractivity contribution is 0.483. The summed E-state index contributed by atoms with van der Waals surface area (Å²) in [6, 6.07) is 13.1. The number of benzene rings is 2. The average molecular weight is 381 g/mol. The Kier molecular flexibility index (Phi) is 3.94. The van der Waals surface area contributed by atoms with E-state index in [0.29, 0.717) is 16.9 Å². The predicted octanol–water partition coefficient (Wildman–Crippen LogP) is 2.98. The summed E-state index contributed by atoms with van der Waals surface area (Å²) in [4.78, 5) is 17.0. The topological polar surface area (TPSA) is 105 Å². The third-order valence-electron chi connectivity index (χ3n) is 4.37. The lowest BCUT2D eigenvalue weighted by Gasteiger charge is -2.02. The summed E-state index contributed by atoms with van der Waals surface area (Å²) in [5.41, 5.74) is 4.02. The normalized spacial score (nSPS) is 14.7. The van der Waals surface area contributed by atoms with Crippen molar-refractivity contribution in [3.8, 4) is 5.69 Å². The van der Waals surface area contributed by atoms with Crippen LogP contribution in [0, 0.1) is 6.92 Å². The maximum atomic E-state index is 12.8. The summed E-state index contributed by atoms with van der Waals surface area (Å²) in [5, 5.41) is 2.99. The Bertz CT molecular complexity index is 1260. The molecule has 0 saturated heterocycles. The van der Waals surface area contributed by atoms with Gasteiger partial charge in [-0.25, -0.2) is 4.68 Å². The first-order valence-electron chi connectivity index (χ1n) is 8.09. The monoisotopic (exact) mass is 381 g/mol. The van der Waals surface area contributed by atoms with E-state index >= 15 is 0 Å². The SMILES string of the molecule is Cc1[nH]n(-c2ccc(S(=O)(=O)O)cc2)c(=O)c1/C=C1\C=Nc2ccccc21. The van der Waals surface area contributed by atoms with Gasteiger partial charge in [0.15, 0.2) is 0 Å². The second-order valence-electron chi connectivity index (χ2n) is 6.14. The van der Waals surface area contributed by atoms with E-state index in [-0.39, 0.29) is 10.5 Å². The number of para-hydroxylation sites is 1. The Morgan fingerprint density at radius 2 is 1.81 bits per heavy atom. The zero-order valence-electron chi connectivity index (χ0n) is 14.2. The number of aromatic nitrogens is 2. The molecule has 2 aromatic carbocycles. The summed E-state index contributed by atoms with van der Waals surface area (Å²) in [5.74, 6) is 0. The van der Waals surface area contributed by atoms with E-state index in [0.717, 1.165) is 16.8 Å². The standard InChI is InChI=1S/C19H15N3O4S/c1-12-17(10-13-11-20-18-5-3-2-4-16(13)18)19(23)22(21-12)14-6-8-15(9-7-14)27(24,25)26/h2-11,21H,1H3,(H,24,25,26)/b13-10+. The number of aliphatic imine (C=N–C) groups is 1. The predicted molar refractivity (Wildman–Crippen MR) is 103 cm³/mol. The van der Waals surface area contributed by atoms with Crippen LogP contribution in [0.15, 0.2) is 63.2 Å². The van der Waals surface area contributed by atoms with Crippen LogP contribution in [0.25, 0.3) is 17.3 Å². The number of fused-ring (bicyclic) bond motifs is 1. The van der Waals surface area contributed by atoms with E-state index in [1.165, 1.54) is 28.9 Å². The quantitative estimate of drug-likeness (QED) is 0.681. The van der Waals surface area contributed by atoms with E-state index in [9.17, 15) is 13.2 Å². The molecule has 0 bridgehead atoms. The number of aryl methyl sites for hydroxylation is 1. The molecule has 1 aromatic heterocycles. The van der Waals surface area contributed by atoms with Crippen LogP contribution in [0.5, 0.6) is 0 Å². The maximum Gasteiger partial charge on any atom is 0.294 e. The van der Waals surface area contributed by atoms with Gasteiger partial charge in [-0.2, -0.15) is 8.42 Å². The van der Waals surface area contributed by atoms with Gasteiger partial charge in [-0.05, 0) is 43.3 Å². The van der Waals surface area contributed by atoms with Crippen LogP contribution in [0.2, 0.25) is 0 Å². The first-order valence-corrected chi connectivity index (χ1v) is 9.53. The Balaban J connectivity index is 1.77. The zero-order valence-corrected chi connectivity index (χ0v) is 15.1. The molecule has 2 N–H and O–H groups in total. The van der Waals surface area contributed by atoms with Gasteiger partial charge in [0.25, 0.3) is 15.7 Å². The van der Waals surface area contributed by atoms with Crippen molar-refractivity contribution in [2.45, 2.75) is 11.8 Å². The minimum atomic E-state index is -4.28. The zero-order chi connectivity index (χ0) is 19.2. The Hall–Kier alpha value is -3.23. The molecule has 2 heterocycles. The Morgan fingerprint density at radius 3 is 2.52 bits per heavy atom. The number of hydrogen-bond donors (Lipinski definition) is 2. The highest BCUT2D eigenvalue weighted by molar-refractivity contribution is 7.85. The fourth-order valence-corrected chi connectivity index (χ4v) is 3.47. The van der Waals surface area contributed by atoms with E-state index in [1.54, 1.807) is 19.2 Å². The number of nitrogens with one attached hydrogen (secondary N) is 1. The average Bonchev–Trinajstić information content (AvgIpc) is 3.17. The van der Waals surface area contributed by atoms with Crippen molar-refractivity contribution < 1.29 is 13.0 Å². The highest BCUT2D eigenvalue weighted by Crippen LogP contribution is 2.32. The van der Waals surface area contributed by atoms with Gasteiger partial charge in [0.05, 0.1) is 21.8 Å². The van der Waals surface area contributed by atoms with Gasteiger partial charge in [0.2, 0.25) is 0 Å². The van der Waals surface area contributed by atoms with Crippen molar-refractivity contribution in [2.24, 2.45) is 4.99 Å². The number of H-pyrrole nitrogens is 1. The van der Waals surface area contributed by atoms with Crippen molar-refractivity contribution >= 4 is 33.7 Å². The summed E-state index contributed by atoms with van der Waals surface area (Å²) in [6.07, 6.45) is 3.51. The van der Waals surface area contributed by atoms with Gasteiger partial charge < -0.3 is 0 Å².